The predicted octanol–water partition coefficient (Wildman–Crippen LogP) is 2.44. The molecule has 0 aromatic carbocycles. The van der Waals surface area contributed by atoms with E-state index >= 15 is 0 Å². The van der Waals surface area contributed by atoms with E-state index in [1.807, 2.05) is 0 Å². The summed E-state index contributed by atoms with van der Waals surface area (Å²) in [5, 5.41) is 0. The number of nitrogens with zero attached hydrogens (tertiary/aromatic N) is 1. The Kier molecular flexibility index (Phi) is 5.58. The minimum atomic E-state index is 0.734. The van der Waals surface area contributed by atoms with Gasteiger partial charge in [-0.3, -0.25) is 3.53 Å². The van der Waals surface area contributed by atoms with Crippen molar-refractivity contribution in [2.24, 2.45) is 5.92 Å². The van der Waals surface area contributed by atoms with Crippen molar-refractivity contribution in [1.82, 2.24) is 8.43 Å². The first kappa shape index (κ1) is 11.7. The molecule has 1 aliphatic rings. The van der Waals surface area contributed by atoms with Crippen LogP contribution in [0.4, 0.5) is 0 Å². The van der Waals surface area contributed by atoms with E-state index in [-0.39, 0.29) is 0 Å². The Hall–Kier alpha value is 0.650. The molecule has 1 N–H and O–H groups in total. The Morgan fingerprint density at radius 2 is 1.92 bits per heavy atom. The standard InChI is InChI=1S/C10H21IN2/c1-13(2)10(8-12-11)9-6-4-3-5-7-9/h9-10,12H,3-8H2,1-2H3. The second-order valence-corrected chi connectivity index (χ2v) is 5.03. The number of rotatable bonds is 4. The van der Waals surface area contributed by atoms with Gasteiger partial charge in [0.2, 0.25) is 0 Å². The van der Waals surface area contributed by atoms with Gasteiger partial charge in [-0.2, -0.15) is 0 Å². The van der Waals surface area contributed by atoms with Crippen LogP contribution in [0.15, 0.2) is 0 Å². The van der Waals surface area contributed by atoms with Crippen LogP contribution in [-0.2, 0) is 0 Å². The second-order valence-electron chi connectivity index (χ2n) is 4.27. The van der Waals surface area contributed by atoms with Crippen molar-refractivity contribution < 1.29 is 0 Å². The minimum absolute atomic E-state index is 0.734. The smallest absolute Gasteiger partial charge is 0.0250 e. The molecule has 0 aromatic rings. The van der Waals surface area contributed by atoms with Crippen LogP contribution in [-0.4, -0.2) is 31.6 Å². The summed E-state index contributed by atoms with van der Waals surface area (Å²) in [5.41, 5.74) is 0. The van der Waals surface area contributed by atoms with Gasteiger partial charge in [0.1, 0.15) is 0 Å². The fourth-order valence-electron chi connectivity index (χ4n) is 2.37. The highest BCUT2D eigenvalue weighted by Gasteiger charge is 2.24. The van der Waals surface area contributed by atoms with Crippen molar-refractivity contribution in [3.63, 3.8) is 0 Å². The zero-order valence-corrected chi connectivity index (χ0v) is 10.9. The molecule has 1 rings (SSSR count). The fraction of sp³-hybridized carbons (Fsp3) is 1.00. The lowest BCUT2D eigenvalue weighted by atomic mass is 9.83. The van der Waals surface area contributed by atoms with Crippen LogP contribution in [0.1, 0.15) is 32.1 Å². The third-order valence-corrected chi connectivity index (χ3v) is 3.58. The molecule has 1 saturated carbocycles. The monoisotopic (exact) mass is 296 g/mol. The summed E-state index contributed by atoms with van der Waals surface area (Å²) < 4.78 is 3.27. The van der Waals surface area contributed by atoms with Crippen LogP contribution in [0.3, 0.4) is 0 Å². The van der Waals surface area contributed by atoms with Gasteiger partial charge in [-0.25, -0.2) is 0 Å². The van der Waals surface area contributed by atoms with Crippen molar-refractivity contribution in [1.29, 1.82) is 0 Å². The molecule has 3 heteroatoms. The summed E-state index contributed by atoms with van der Waals surface area (Å²) in [6, 6.07) is 0.734. The van der Waals surface area contributed by atoms with Crippen LogP contribution in [0.2, 0.25) is 0 Å². The highest BCUT2D eigenvalue weighted by Crippen LogP contribution is 2.28. The molecule has 78 valence electrons. The van der Waals surface area contributed by atoms with Crippen LogP contribution >= 0.6 is 22.9 Å². The predicted molar refractivity (Wildman–Crippen MR) is 66.1 cm³/mol. The van der Waals surface area contributed by atoms with Crippen LogP contribution in [0.5, 0.6) is 0 Å². The molecule has 0 aromatic heterocycles. The Morgan fingerprint density at radius 3 is 2.38 bits per heavy atom. The van der Waals surface area contributed by atoms with Gasteiger partial charge in [-0.05, 0) is 32.9 Å². The molecule has 0 saturated heterocycles. The van der Waals surface area contributed by atoms with Gasteiger partial charge < -0.3 is 4.90 Å². The summed E-state index contributed by atoms with van der Waals surface area (Å²) in [6.07, 6.45) is 7.20. The molecule has 2 nitrogen and oxygen atoms in total. The van der Waals surface area contributed by atoms with E-state index in [0.717, 1.165) is 18.5 Å². The normalized spacial score (nSPS) is 22.2. The van der Waals surface area contributed by atoms with Gasteiger partial charge in [0, 0.05) is 35.5 Å². The lowest BCUT2D eigenvalue weighted by Crippen LogP contribution is -2.41. The molecule has 1 aliphatic carbocycles. The van der Waals surface area contributed by atoms with E-state index in [2.05, 4.69) is 45.4 Å². The maximum Gasteiger partial charge on any atom is 0.0250 e. The van der Waals surface area contributed by atoms with Crippen molar-refractivity contribution in [2.75, 3.05) is 20.6 Å². The molecule has 0 radical (unpaired) electrons. The zero-order valence-electron chi connectivity index (χ0n) is 8.72. The Labute approximate surface area is 95.9 Å². The van der Waals surface area contributed by atoms with Crippen molar-refractivity contribution in [3.8, 4) is 0 Å². The largest absolute Gasteiger partial charge is 0.305 e. The number of nitrogens with one attached hydrogen (secondary N) is 1. The lowest BCUT2D eigenvalue weighted by Gasteiger charge is -2.34. The summed E-state index contributed by atoms with van der Waals surface area (Å²) in [5.74, 6) is 0.922. The average molecular weight is 296 g/mol. The molecule has 0 amide bonds. The molecule has 0 aliphatic heterocycles. The Balaban J connectivity index is 2.41. The molecule has 0 spiro atoms. The topological polar surface area (TPSA) is 15.3 Å². The Bertz CT molecular complexity index is 133. The van der Waals surface area contributed by atoms with E-state index in [1.165, 1.54) is 32.1 Å². The van der Waals surface area contributed by atoms with Gasteiger partial charge in [0.15, 0.2) is 0 Å². The van der Waals surface area contributed by atoms with Crippen molar-refractivity contribution in [3.05, 3.63) is 0 Å². The summed E-state index contributed by atoms with van der Waals surface area (Å²) in [7, 11) is 4.40. The minimum Gasteiger partial charge on any atom is -0.305 e. The first-order chi connectivity index (χ1) is 6.25. The van der Waals surface area contributed by atoms with Gasteiger partial charge in [0.05, 0.1) is 0 Å². The molecule has 1 fully saturated rings. The van der Waals surface area contributed by atoms with Crippen LogP contribution in [0.25, 0.3) is 0 Å². The molecule has 1 unspecified atom stereocenters. The van der Waals surface area contributed by atoms with Gasteiger partial charge in [-0.1, -0.05) is 19.3 Å². The molecule has 0 heterocycles. The number of halogens is 1. The third kappa shape index (κ3) is 3.72. The van der Waals surface area contributed by atoms with E-state index < -0.39 is 0 Å². The average Bonchev–Trinajstić information content (AvgIpc) is 2.15. The first-order valence-electron chi connectivity index (χ1n) is 5.25. The summed E-state index contributed by atoms with van der Waals surface area (Å²) >= 11 is 2.26. The fourth-order valence-corrected chi connectivity index (χ4v) is 2.82. The SMILES string of the molecule is CN(C)C(CNI)C1CCCCC1. The maximum absolute atomic E-state index is 3.27. The van der Waals surface area contributed by atoms with E-state index in [9.17, 15) is 0 Å². The van der Waals surface area contributed by atoms with Gasteiger partial charge in [-0.15, -0.1) is 0 Å². The highest BCUT2D eigenvalue weighted by molar-refractivity contribution is 14.1. The van der Waals surface area contributed by atoms with Crippen molar-refractivity contribution >= 4 is 22.9 Å². The summed E-state index contributed by atoms with van der Waals surface area (Å²) in [4.78, 5) is 2.38. The van der Waals surface area contributed by atoms with Gasteiger partial charge in [0.25, 0.3) is 0 Å². The zero-order chi connectivity index (χ0) is 9.68. The third-order valence-electron chi connectivity index (χ3n) is 3.14. The van der Waals surface area contributed by atoms with E-state index in [1.54, 1.807) is 0 Å². The van der Waals surface area contributed by atoms with E-state index in [0.29, 0.717) is 0 Å². The van der Waals surface area contributed by atoms with E-state index in [4.69, 9.17) is 0 Å². The van der Waals surface area contributed by atoms with Crippen LogP contribution < -0.4 is 3.53 Å². The van der Waals surface area contributed by atoms with Gasteiger partial charge >= 0.3 is 0 Å². The molecular formula is C10H21IN2. The maximum atomic E-state index is 3.27. The second kappa shape index (κ2) is 6.19. The molecule has 1 atom stereocenters. The van der Waals surface area contributed by atoms with Crippen molar-refractivity contribution in [2.45, 2.75) is 38.1 Å². The summed E-state index contributed by atoms with van der Waals surface area (Å²) in [6.45, 7) is 1.12. The first-order valence-corrected chi connectivity index (χ1v) is 6.33. The molecule has 13 heavy (non-hydrogen) atoms. The van der Waals surface area contributed by atoms with Crippen LogP contribution in [0, 0.1) is 5.92 Å². The lowest BCUT2D eigenvalue weighted by molar-refractivity contribution is 0.173. The Morgan fingerprint density at radius 1 is 1.31 bits per heavy atom. The molecular weight excluding hydrogens is 275 g/mol. The highest BCUT2D eigenvalue weighted by atomic mass is 127. The quantitative estimate of drug-likeness (QED) is 0.633. The number of hydrogen-bond donors (Lipinski definition) is 1. The molecule has 0 bridgehead atoms. The number of hydrogen-bond acceptors (Lipinski definition) is 2. The number of likely N-dealkylation sites (N-methyl/N-ethyl adjacent to an activating group) is 1.